The van der Waals surface area contributed by atoms with E-state index < -0.39 is 42.3 Å². The number of hydrogen-bond donors (Lipinski definition) is 1. The highest BCUT2D eigenvalue weighted by Crippen LogP contribution is 2.23. The summed E-state index contributed by atoms with van der Waals surface area (Å²) in [6.07, 6.45) is 0.0562. The molecule has 0 aromatic heterocycles. The zero-order valence-electron chi connectivity index (χ0n) is 12.8. The number of hydrogen-bond acceptors (Lipinski definition) is 7. The summed E-state index contributed by atoms with van der Waals surface area (Å²) in [6, 6.07) is -0.697. The smallest absolute Gasteiger partial charge is 0.303 e. The van der Waals surface area contributed by atoms with E-state index in [1.165, 1.54) is 39.8 Å². The van der Waals surface area contributed by atoms with Crippen molar-refractivity contribution in [3.05, 3.63) is 12.2 Å². The maximum atomic E-state index is 11.3. The number of rotatable bonds is 4. The fourth-order valence-corrected chi connectivity index (χ4v) is 2.16. The van der Waals surface area contributed by atoms with Crippen molar-refractivity contribution >= 4 is 23.8 Å². The van der Waals surface area contributed by atoms with Crippen LogP contribution >= 0.6 is 0 Å². The molecule has 1 aliphatic carbocycles. The molecule has 0 aromatic rings. The van der Waals surface area contributed by atoms with Gasteiger partial charge in [-0.25, -0.2) is 0 Å². The summed E-state index contributed by atoms with van der Waals surface area (Å²) in [5.74, 6) is -2.17. The Hall–Kier alpha value is -2.38. The molecule has 1 rings (SSSR count). The van der Waals surface area contributed by atoms with Crippen LogP contribution in [0.5, 0.6) is 0 Å². The van der Waals surface area contributed by atoms with E-state index in [9.17, 15) is 19.2 Å². The summed E-state index contributed by atoms with van der Waals surface area (Å²) in [4.78, 5) is 45.0. The van der Waals surface area contributed by atoms with E-state index in [-0.39, 0.29) is 5.91 Å². The Bertz CT molecular complexity index is 455. The first-order chi connectivity index (χ1) is 10.2. The van der Waals surface area contributed by atoms with E-state index >= 15 is 0 Å². The Kier molecular flexibility index (Phi) is 6.09. The molecule has 0 aromatic carbocycles. The van der Waals surface area contributed by atoms with Crippen molar-refractivity contribution in [2.45, 2.75) is 52.0 Å². The highest BCUT2D eigenvalue weighted by molar-refractivity contribution is 5.74. The first-order valence-electron chi connectivity index (χ1n) is 6.67. The zero-order chi connectivity index (χ0) is 16.9. The van der Waals surface area contributed by atoms with Crippen LogP contribution in [-0.4, -0.2) is 48.2 Å². The number of esters is 3. The van der Waals surface area contributed by atoms with Gasteiger partial charge in [-0.2, -0.15) is 0 Å². The molecule has 1 amide bonds. The van der Waals surface area contributed by atoms with E-state index in [0.717, 1.165) is 0 Å². The molecule has 0 bridgehead atoms. The molecule has 22 heavy (non-hydrogen) atoms. The predicted molar refractivity (Wildman–Crippen MR) is 73.4 cm³/mol. The van der Waals surface area contributed by atoms with Crippen molar-refractivity contribution < 1.29 is 33.4 Å². The minimum Gasteiger partial charge on any atom is -0.456 e. The second kappa shape index (κ2) is 7.58. The first kappa shape index (κ1) is 17.7. The Balaban J connectivity index is 3.11. The molecule has 0 heterocycles. The normalized spacial score (nSPS) is 26.7. The lowest BCUT2D eigenvalue weighted by Gasteiger charge is -2.37. The van der Waals surface area contributed by atoms with Gasteiger partial charge >= 0.3 is 17.9 Å². The minimum absolute atomic E-state index is 0.348. The SMILES string of the molecule is CC(=O)N[C@@H]1C=C[C@@H](OC(C)=O)[C@@H](OC(C)=O)[C@H]1OC(C)=O. The van der Waals surface area contributed by atoms with Crippen LogP contribution in [0.2, 0.25) is 0 Å². The van der Waals surface area contributed by atoms with Crippen molar-refractivity contribution in [3.8, 4) is 0 Å². The van der Waals surface area contributed by atoms with Gasteiger partial charge in [0.2, 0.25) is 5.91 Å². The minimum atomic E-state index is -1.05. The third-order valence-electron chi connectivity index (χ3n) is 2.79. The van der Waals surface area contributed by atoms with Gasteiger partial charge in [-0.05, 0) is 6.08 Å². The van der Waals surface area contributed by atoms with Crippen LogP contribution in [0.3, 0.4) is 0 Å². The second-order valence-corrected chi connectivity index (χ2v) is 4.83. The lowest BCUT2D eigenvalue weighted by atomic mass is 9.93. The molecule has 1 aliphatic rings. The largest absolute Gasteiger partial charge is 0.456 e. The molecule has 4 atom stereocenters. The standard InChI is InChI=1S/C14H19NO7/c1-7(16)15-11-5-6-12(20-8(2)17)14(22-10(4)19)13(11)21-9(3)18/h5-6,11-14H,1-4H3,(H,15,16)/t11-,12-,13+,14-/m1/s1. The van der Waals surface area contributed by atoms with E-state index in [2.05, 4.69) is 5.32 Å². The van der Waals surface area contributed by atoms with Gasteiger partial charge in [-0.1, -0.05) is 6.08 Å². The number of carbonyl (C=O) groups is 4. The number of carbonyl (C=O) groups excluding carboxylic acids is 4. The van der Waals surface area contributed by atoms with Crippen LogP contribution in [0.4, 0.5) is 0 Å². The van der Waals surface area contributed by atoms with E-state index in [1.807, 2.05) is 0 Å². The molecule has 0 spiro atoms. The van der Waals surface area contributed by atoms with Gasteiger partial charge in [0.1, 0.15) is 0 Å². The van der Waals surface area contributed by atoms with Crippen molar-refractivity contribution in [1.82, 2.24) is 5.32 Å². The van der Waals surface area contributed by atoms with Crippen molar-refractivity contribution in [2.75, 3.05) is 0 Å². The van der Waals surface area contributed by atoms with Gasteiger partial charge in [0.15, 0.2) is 18.3 Å². The second-order valence-electron chi connectivity index (χ2n) is 4.83. The summed E-state index contributed by atoms with van der Waals surface area (Å²) >= 11 is 0. The topological polar surface area (TPSA) is 108 Å². The van der Waals surface area contributed by atoms with Crippen LogP contribution < -0.4 is 5.32 Å². The van der Waals surface area contributed by atoms with Gasteiger partial charge in [0.05, 0.1) is 6.04 Å². The Labute approximate surface area is 127 Å². The molecular formula is C14H19NO7. The summed E-state index contributed by atoms with van der Waals surface area (Å²) in [6.45, 7) is 4.88. The molecule has 8 heteroatoms. The van der Waals surface area contributed by atoms with Crippen LogP contribution in [-0.2, 0) is 33.4 Å². The summed E-state index contributed by atoms with van der Waals surface area (Å²) < 4.78 is 15.4. The molecule has 0 fully saturated rings. The maximum Gasteiger partial charge on any atom is 0.303 e. The molecule has 0 unspecified atom stereocenters. The van der Waals surface area contributed by atoms with Crippen molar-refractivity contribution in [2.24, 2.45) is 0 Å². The van der Waals surface area contributed by atoms with E-state index in [1.54, 1.807) is 0 Å². The average molecular weight is 313 g/mol. The number of ether oxygens (including phenoxy) is 3. The molecule has 122 valence electrons. The van der Waals surface area contributed by atoms with Gasteiger partial charge in [0, 0.05) is 27.7 Å². The molecule has 0 saturated heterocycles. The van der Waals surface area contributed by atoms with Crippen molar-refractivity contribution in [3.63, 3.8) is 0 Å². The number of nitrogens with one attached hydrogen (secondary N) is 1. The molecule has 8 nitrogen and oxygen atoms in total. The highest BCUT2D eigenvalue weighted by atomic mass is 16.6. The predicted octanol–water partition coefficient (Wildman–Crippen LogP) is -0.144. The Morgan fingerprint density at radius 2 is 1.27 bits per heavy atom. The van der Waals surface area contributed by atoms with Gasteiger partial charge in [-0.3, -0.25) is 19.2 Å². The lowest BCUT2D eigenvalue weighted by molar-refractivity contribution is -0.182. The van der Waals surface area contributed by atoms with Gasteiger partial charge < -0.3 is 19.5 Å². The molecule has 0 aliphatic heterocycles. The fraction of sp³-hybridized carbons (Fsp3) is 0.571. The van der Waals surface area contributed by atoms with Crippen molar-refractivity contribution in [1.29, 1.82) is 0 Å². The van der Waals surface area contributed by atoms with Crippen LogP contribution in [0, 0.1) is 0 Å². The third-order valence-corrected chi connectivity index (χ3v) is 2.79. The lowest BCUT2D eigenvalue weighted by Crippen LogP contribution is -2.56. The fourth-order valence-electron chi connectivity index (χ4n) is 2.16. The van der Waals surface area contributed by atoms with E-state index in [4.69, 9.17) is 14.2 Å². The average Bonchev–Trinajstić information content (AvgIpc) is 2.34. The van der Waals surface area contributed by atoms with Gasteiger partial charge in [0.25, 0.3) is 0 Å². The summed E-state index contributed by atoms with van der Waals surface area (Å²) in [5.41, 5.74) is 0. The van der Waals surface area contributed by atoms with Crippen LogP contribution in [0.25, 0.3) is 0 Å². The molecule has 1 N–H and O–H groups in total. The number of amides is 1. The quantitative estimate of drug-likeness (QED) is 0.437. The van der Waals surface area contributed by atoms with Crippen LogP contribution in [0.15, 0.2) is 12.2 Å². The molecule has 0 saturated carbocycles. The first-order valence-corrected chi connectivity index (χ1v) is 6.67. The maximum absolute atomic E-state index is 11.3. The van der Waals surface area contributed by atoms with Gasteiger partial charge in [-0.15, -0.1) is 0 Å². The summed E-state index contributed by atoms with van der Waals surface area (Å²) in [5, 5.41) is 2.58. The van der Waals surface area contributed by atoms with Crippen LogP contribution in [0.1, 0.15) is 27.7 Å². The summed E-state index contributed by atoms with van der Waals surface area (Å²) in [7, 11) is 0. The third kappa shape index (κ3) is 5.19. The molecular weight excluding hydrogens is 294 g/mol. The Morgan fingerprint density at radius 3 is 1.73 bits per heavy atom. The Morgan fingerprint density at radius 1 is 0.773 bits per heavy atom. The molecule has 0 radical (unpaired) electrons. The monoisotopic (exact) mass is 313 g/mol. The zero-order valence-corrected chi connectivity index (χ0v) is 12.8. The van der Waals surface area contributed by atoms with E-state index in [0.29, 0.717) is 0 Å². The highest BCUT2D eigenvalue weighted by Gasteiger charge is 2.43.